The molecule has 0 aromatic carbocycles. The molecule has 0 unspecified atom stereocenters. The summed E-state index contributed by atoms with van der Waals surface area (Å²) in [5, 5.41) is 12.5. The predicted octanol–water partition coefficient (Wildman–Crippen LogP) is 2.70. The first-order valence-electron chi connectivity index (χ1n) is 7.72. The number of carbonyl (C=O) groups is 1. The van der Waals surface area contributed by atoms with Crippen molar-refractivity contribution in [1.82, 2.24) is 20.2 Å². The van der Waals surface area contributed by atoms with Crippen molar-refractivity contribution in [3.05, 3.63) is 26.6 Å². The molecule has 3 rings (SSSR count). The van der Waals surface area contributed by atoms with Gasteiger partial charge in [-0.25, -0.2) is 4.98 Å². The standard InChI is InChI=1S/C15H17N5O3S3/c1-7-10-12(22)17-9(18-13(10)25-11(7)8(2)21)6-24-15-20-19-14(26-15)16-4-5-23-3/h4-6H2,1-3H3,(H,16,19)(H,17,18,22). The molecule has 0 bridgehead atoms. The lowest BCUT2D eigenvalue weighted by Crippen LogP contribution is -2.11. The minimum Gasteiger partial charge on any atom is -0.383 e. The van der Waals surface area contributed by atoms with Gasteiger partial charge in [-0.3, -0.25) is 9.59 Å². The first kappa shape index (κ1) is 19.0. The van der Waals surface area contributed by atoms with Gasteiger partial charge in [0, 0.05) is 13.7 Å². The summed E-state index contributed by atoms with van der Waals surface area (Å²) < 4.78 is 5.75. The van der Waals surface area contributed by atoms with Gasteiger partial charge in [0.2, 0.25) is 5.13 Å². The number of thioether (sulfide) groups is 1. The Morgan fingerprint density at radius 3 is 2.88 bits per heavy atom. The Kier molecular flexibility index (Phi) is 6.01. The molecule has 3 aromatic heterocycles. The third-order valence-corrected chi connectivity index (χ3v) is 6.80. The Balaban J connectivity index is 1.73. The fraction of sp³-hybridized carbons (Fsp3) is 0.400. The highest BCUT2D eigenvalue weighted by Gasteiger charge is 2.17. The summed E-state index contributed by atoms with van der Waals surface area (Å²) in [5.41, 5.74) is 0.479. The zero-order chi connectivity index (χ0) is 18.7. The maximum Gasteiger partial charge on any atom is 0.259 e. The second-order valence-electron chi connectivity index (χ2n) is 5.39. The molecule has 3 heterocycles. The molecule has 0 saturated heterocycles. The van der Waals surface area contributed by atoms with E-state index >= 15 is 0 Å². The van der Waals surface area contributed by atoms with E-state index in [4.69, 9.17) is 4.74 Å². The van der Waals surface area contributed by atoms with E-state index in [0.29, 0.717) is 45.4 Å². The van der Waals surface area contributed by atoms with Gasteiger partial charge in [0.15, 0.2) is 10.1 Å². The molecule has 0 spiro atoms. The number of hydrogen-bond donors (Lipinski definition) is 2. The zero-order valence-electron chi connectivity index (χ0n) is 14.4. The number of nitrogens with one attached hydrogen (secondary N) is 2. The summed E-state index contributed by atoms with van der Waals surface area (Å²) in [5.74, 6) is 0.959. The van der Waals surface area contributed by atoms with Crippen molar-refractivity contribution >= 4 is 55.6 Å². The van der Waals surface area contributed by atoms with Crippen LogP contribution in [0.15, 0.2) is 9.13 Å². The number of ether oxygens (including phenoxy) is 1. The number of methoxy groups -OCH3 is 1. The number of aryl methyl sites for hydroxylation is 1. The van der Waals surface area contributed by atoms with Crippen molar-refractivity contribution in [3.63, 3.8) is 0 Å². The van der Waals surface area contributed by atoms with Crippen molar-refractivity contribution in [2.75, 3.05) is 25.6 Å². The summed E-state index contributed by atoms with van der Waals surface area (Å²) >= 11 is 4.14. The number of rotatable bonds is 8. The number of ketones is 1. The number of hydrogen-bond acceptors (Lipinski definition) is 10. The van der Waals surface area contributed by atoms with Crippen molar-refractivity contribution in [3.8, 4) is 0 Å². The van der Waals surface area contributed by atoms with Gasteiger partial charge in [0.05, 0.1) is 22.6 Å². The minimum atomic E-state index is -0.217. The number of fused-ring (bicyclic) bond motifs is 1. The maximum atomic E-state index is 12.4. The molecule has 0 fully saturated rings. The van der Waals surface area contributed by atoms with Crippen LogP contribution in [0.1, 0.15) is 28.0 Å². The van der Waals surface area contributed by atoms with Gasteiger partial charge in [-0.2, -0.15) is 0 Å². The topological polar surface area (TPSA) is 110 Å². The molecule has 0 saturated carbocycles. The molecule has 0 atom stereocenters. The van der Waals surface area contributed by atoms with Crippen LogP contribution in [0.3, 0.4) is 0 Å². The van der Waals surface area contributed by atoms with Gasteiger partial charge in [0.1, 0.15) is 10.7 Å². The van der Waals surface area contributed by atoms with E-state index in [1.165, 1.54) is 41.4 Å². The second kappa shape index (κ2) is 8.25. The molecule has 138 valence electrons. The molecule has 3 aromatic rings. The molecule has 26 heavy (non-hydrogen) atoms. The molecule has 0 amide bonds. The second-order valence-corrected chi connectivity index (χ2v) is 8.59. The Bertz CT molecular complexity index is 994. The molecule has 0 aliphatic carbocycles. The van der Waals surface area contributed by atoms with E-state index in [9.17, 15) is 9.59 Å². The van der Waals surface area contributed by atoms with E-state index in [2.05, 4.69) is 25.5 Å². The lowest BCUT2D eigenvalue weighted by Gasteiger charge is -1.99. The van der Waals surface area contributed by atoms with Crippen LogP contribution in [-0.4, -0.2) is 46.2 Å². The Morgan fingerprint density at radius 2 is 2.15 bits per heavy atom. The van der Waals surface area contributed by atoms with Crippen LogP contribution in [0.25, 0.3) is 10.2 Å². The maximum absolute atomic E-state index is 12.4. The van der Waals surface area contributed by atoms with Gasteiger partial charge in [0.25, 0.3) is 5.56 Å². The fourth-order valence-corrected chi connectivity index (χ4v) is 5.07. The smallest absolute Gasteiger partial charge is 0.259 e. The monoisotopic (exact) mass is 411 g/mol. The third kappa shape index (κ3) is 4.11. The Hall–Kier alpha value is -1.82. The zero-order valence-corrected chi connectivity index (χ0v) is 16.9. The summed E-state index contributed by atoms with van der Waals surface area (Å²) in [7, 11) is 1.64. The average molecular weight is 412 g/mol. The number of nitrogens with zero attached hydrogens (tertiary/aromatic N) is 3. The number of aromatic amines is 1. The number of Topliss-reactive ketones (excluding diaryl/α,β-unsaturated/α-hetero) is 1. The number of aromatic nitrogens is 4. The predicted molar refractivity (Wildman–Crippen MR) is 105 cm³/mol. The normalized spacial score (nSPS) is 11.2. The molecule has 8 nitrogen and oxygen atoms in total. The first-order chi connectivity index (χ1) is 12.5. The van der Waals surface area contributed by atoms with Crippen molar-refractivity contribution in [2.45, 2.75) is 23.9 Å². The first-order valence-corrected chi connectivity index (χ1v) is 10.3. The minimum absolute atomic E-state index is 0.0526. The van der Waals surface area contributed by atoms with Gasteiger partial charge in [-0.15, -0.1) is 21.5 Å². The van der Waals surface area contributed by atoms with E-state index in [1.54, 1.807) is 14.0 Å². The highest BCUT2D eigenvalue weighted by atomic mass is 32.2. The number of H-pyrrole nitrogens is 1. The number of carbonyl (C=O) groups excluding carboxylic acids is 1. The summed E-state index contributed by atoms with van der Waals surface area (Å²) in [6.45, 7) is 4.53. The van der Waals surface area contributed by atoms with Crippen LogP contribution in [0.5, 0.6) is 0 Å². The summed E-state index contributed by atoms with van der Waals surface area (Å²) in [4.78, 5) is 32.5. The van der Waals surface area contributed by atoms with Crippen molar-refractivity contribution in [1.29, 1.82) is 0 Å². The van der Waals surface area contributed by atoms with Crippen LogP contribution in [0, 0.1) is 6.92 Å². The Morgan fingerprint density at radius 1 is 1.35 bits per heavy atom. The van der Waals surface area contributed by atoms with E-state index in [1.807, 2.05) is 0 Å². The number of thiophene rings is 1. The fourth-order valence-electron chi connectivity index (χ4n) is 2.32. The van der Waals surface area contributed by atoms with Crippen molar-refractivity contribution in [2.24, 2.45) is 0 Å². The highest BCUT2D eigenvalue weighted by Crippen LogP contribution is 2.30. The Labute approximate surface area is 161 Å². The van der Waals surface area contributed by atoms with Gasteiger partial charge in [-0.05, 0) is 19.4 Å². The number of anilines is 1. The van der Waals surface area contributed by atoms with Crippen LogP contribution in [0.4, 0.5) is 5.13 Å². The molecular weight excluding hydrogens is 394 g/mol. The molecular formula is C15H17N5O3S3. The molecule has 0 aliphatic rings. The molecule has 0 radical (unpaired) electrons. The van der Waals surface area contributed by atoms with E-state index < -0.39 is 0 Å². The molecule has 2 N–H and O–H groups in total. The van der Waals surface area contributed by atoms with Gasteiger partial charge < -0.3 is 15.0 Å². The van der Waals surface area contributed by atoms with Crippen LogP contribution < -0.4 is 10.9 Å². The van der Waals surface area contributed by atoms with Gasteiger partial charge in [-0.1, -0.05) is 23.1 Å². The largest absolute Gasteiger partial charge is 0.383 e. The lowest BCUT2D eigenvalue weighted by molar-refractivity contribution is 0.102. The summed E-state index contributed by atoms with van der Waals surface area (Å²) in [6.07, 6.45) is 0. The van der Waals surface area contributed by atoms with Crippen LogP contribution in [0.2, 0.25) is 0 Å². The SMILES string of the molecule is COCCNc1nnc(SCc2nc3sc(C(C)=O)c(C)c3c(=O)[nH]2)s1. The lowest BCUT2D eigenvalue weighted by atomic mass is 10.2. The molecule has 11 heteroatoms. The van der Waals surface area contributed by atoms with E-state index in [-0.39, 0.29) is 11.3 Å². The average Bonchev–Trinajstić information content (AvgIpc) is 3.18. The quantitative estimate of drug-likeness (QED) is 0.331. The van der Waals surface area contributed by atoms with Crippen LogP contribution >= 0.6 is 34.4 Å². The van der Waals surface area contributed by atoms with Crippen molar-refractivity contribution < 1.29 is 9.53 Å². The summed E-state index contributed by atoms with van der Waals surface area (Å²) in [6, 6.07) is 0. The molecule has 0 aliphatic heterocycles. The van der Waals surface area contributed by atoms with Crippen LogP contribution in [-0.2, 0) is 10.5 Å². The highest BCUT2D eigenvalue weighted by molar-refractivity contribution is 8.00. The van der Waals surface area contributed by atoms with E-state index in [0.717, 1.165) is 9.47 Å². The third-order valence-electron chi connectivity index (χ3n) is 3.49. The van der Waals surface area contributed by atoms with Gasteiger partial charge >= 0.3 is 0 Å².